The second-order valence-corrected chi connectivity index (χ2v) is 12.5. The molecule has 204 valence electrons. The van der Waals surface area contributed by atoms with E-state index in [1.807, 2.05) is 57.2 Å². The van der Waals surface area contributed by atoms with Crippen LogP contribution in [0.5, 0.6) is 0 Å². The zero-order valence-electron chi connectivity index (χ0n) is 23.4. The molecule has 1 unspecified atom stereocenters. The number of rotatable bonds is 12. The summed E-state index contributed by atoms with van der Waals surface area (Å²) in [5.74, 6) is -0.649. The van der Waals surface area contributed by atoms with E-state index < -0.39 is 28.5 Å². The molecule has 2 aromatic carbocycles. The Bertz CT molecular complexity index is 1150. The summed E-state index contributed by atoms with van der Waals surface area (Å²) in [4.78, 5) is 28.4. The molecule has 0 radical (unpaired) electrons. The van der Waals surface area contributed by atoms with Crippen molar-refractivity contribution in [1.82, 2.24) is 10.2 Å². The SMILES string of the molecule is CCCCNC(=O)C(CC)N(Cc1ccccc1C)C(=O)CN(c1ccc(C(C)(C)C)cc1)S(C)(=O)=O. The summed E-state index contributed by atoms with van der Waals surface area (Å²) in [6.45, 7) is 12.5. The van der Waals surface area contributed by atoms with Crippen LogP contribution in [-0.2, 0) is 31.6 Å². The fourth-order valence-corrected chi connectivity index (χ4v) is 4.99. The molecule has 37 heavy (non-hydrogen) atoms. The van der Waals surface area contributed by atoms with Gasteiger partial charge in [-0.25, -0.2) is 8.42 Å². The monoisotopic (exact) mass is 529 g/mol. The molecule has 0 spiro atoms. The predicted octanol–water partition coefficient (Wildman–Crippen LogP) is 4.78. The number of carbonyl (C=O) groups is 2. The second kappa shape index (κ2) is 13.1. The molecule has 2 rings (SSSR count). The molecule has 0 aromatic heterocycles. The van der Waals surface area contributed by atoms with Gasteiger partial charge in [0.2, 0.25) is 21.8 Å². The largest absolute Gasteiger partial charge is 0.354 e. The molecule has 0 fully saturated rings. The highest BCUT2D eigenvalue weighted by molar-refractivity contribution is 7.92. The van der Waals surface area contributed by atoms with E-state index in [1.165, 1.54) is 4.90 Å². The quantitative estimate of drug-likeness (QED) is 0.401. The predicted molar refractivity (Wildman–Crippen MR) is 151 cm³/mol. The third-order valence-corrected chi connectivity index (χ3v) is 7.66. The van der Waals surface area contributed by atoms with Crippen molar-refractivity contribution in [3.05, 3.63) is 65.2 Å². The zero-order valence-corrected chi connectivity index (χ0v) is 24.2. The van der Waals surface area contributed by atoms with Crippen LogP contribution in [0, 0.1) is 6.92 Å². The molecule has 0 bridgehead atoms. The van der Waals surface area contributed by atoms with Gasteiger partial charge < -0.3 is 10.2 Å². The van der Waals surface area contributed by atoms with Gasteiger partial charge in [0.1, 0.15) is 12.6 Å². The van der Waals surface area contributed by atoms with Crippen LogP contribution in [-0.4, -0.2) is 50.5 Å². The van der Waals surface area contributed by atoms with Gasteiger partial charge in [0.25, 0.3) is 0 Å². The Balaban J connectivity index is 2.43. The first-order chi connectivity index (χ1) is 17.3. The molecule has 1 atom stereocenters. The Morgan fingerprint density at radius 1 is 1.00 bits per heavy atom. The van der Waals surface area contributed by atoms with E-state index in [0.717, 1.165) is 40.1 Å². The lowest BCUT2D eigenvalue weighted by Crippen LogP contribution is -2.52. The van der Waals surface area contributed by atoms with Gasteiger partial charge in [-0.15, -0.1) is 0 Å². The van der Waals surface area contributed by atoms with Gasteiger partial charge in [0, 0.05) is 13.1 Å². The fraction of sp³-hybridized carbons (Fsp3) is 0.517. The van der Waals surface area contributed by atoms with Gasteiger partial charge in [-0.1, -0.05) is 77.4 Å². The molecule has 0 aliphatic rings. The number of nitrogens with one attached hydrogen (secondary N) is 1. The van der Waals surface area contributed by atoms with Crippen molar-refractivity contribution in [3.63, 3.8) is 0 Å². The van der Waals surface area contributed by atoms with Gasteiger partial charge in [0.05, 0.1) is 11.9 Å². The van der Waals surface area contributed by atoms with E-state index in [9.17, 15) is 18.0 Å². The van der Waals surface area contributed by atoms with E-state index in [-0.39, 0.29) is 17.9 Å². The van der Waals surface area contributed by atoms with Crippen molar-refractivity contribution in [2.24, 2.45) is 0 Å². The van der Waals surface area contributed by atoms with Crippen LogP contribution < -0.4 is 9.62 Å². The molecule has 7 nitrogen and oxygen atoms in total. The summed E-state index contributed by atoms with van der Waals surface area (Å²) in [7, 11) is -3.76. The first-order valence-electron chi connectivity index (χ1n) is 13.0. The molecular weight excluding hydrogens is 486 g/mol. The number of sulfonamides is 1. The highest BCUT2D eigenvalue weighted by Crippen LogP contribution is 2.26. The van der Waals surface area contributed by atoms with Crippen LogP contribution in [0.15, 0.2) is 48.5 Å². The minimum atomic E-state index is -3.76. The molecule has 0 aliphatic carbocycles. The zero-order chi connectivity index (χ0) is 27.8. The summed E-state index contributed by atoms with van der Waals surface area (Å²) in [6, 6.07) is 14.2. The third-order valence-electron chi connectivity index (χ3n) is 6.52. The van der Waals surface area contributed by atoms with Crippen LogP contribution in [0.3, 0.4) is 0 Å². The molecule has 1 N–H and O–H groups in total. The molecule has 0 saturated carbocycles. The average Bonchev–Trinajstić information content (AvgIpc) is 2.82. The van der Waals surface area contributed by atoms with Crippen LogP contribution in [0.4, 0.5) is 5.69 Å². The van der Waals surface area contributed by atoms with Crippen LogP contribution >= 0.6 is 0 Å². The van der Waals surface area contributed by atoms with Crippen molar-refractivity contribution >= 4 is 27.5 Å². The van der Waals surface area contributed by atoms with E-state index in [4.69, 9.17) is 0 Å². The highest BCUT2D eigenvalue weighted by Gasteiger charge is 2.32. The number of anilines is 1. The lowest BCUT2D eigenvalue weighted by atomic mass is 9.87. The number of carbonyl (C=O) groups excluding carboxylic acids is 2. The topological polar surface area (TPSA) is 86.8 Å². The standard InChI is InChI=1S/C29H43N3O4S/c1-8-10-19-30-28(34)26(9-2)31(20-23-14-12-11-13-22(23)3)27(33)21-32(37(7,35)36)25-17-15-24(16-18-25)29(4,5)6/h11-18,26H,8-10,19-21H2,1-7H3,(H,30,34). The van der Waals surface area contributed by atoms with E-state index >= 15 is 0 Å². The van der Waals surface area contributed by atoms with Gasteiger partial charge in [0.15, 0.2) is 0 Å². The number of hydrogen-bond acceptors (Lipinski definition) is 4. The highest BCUT2D eigenvalue weighted by atomic mass is 32.2. The minimum Gasteiger partial charge on any atom is -0.354 e. The Morgan fingerprint density at radius 2 is 1.62 bits per heavy atom. The number of aryl methyl sites for hydroxylation is 1. The summed E-state index contributed by atoms with van der Waals surface area (Å²) in [5, 5.41) is 2.94. The van der Waals surface area contributed by atoms with Crippen molar-refractivity contribution in [1.29, 1.82) is 0 Å². The van der Waals surface area contributed by atoms with Crippen molar-refractivity contribution in [3.8, 4) is 0 Å². The minimum absolute atomic E-state index is 0.0892. The number of benzene rings is 2. The van der Waals surface area contributed by atoms with Crippen LogP contribution in [0.1, 0.15) is 70.6 Å². The van der Waals surface area contributed by atoms with Crippen molar-refractivity contribution in [2.75, 3.05) is 23.7 Å². The Hall–Kier alpha value is -2.87. The van der Waals surface area contributed by atoms with Crippen LogP contribution in [0.25, 0.3) is 0 Å². The van der Waals surface area contributed by atoms with Crippen molar-refractivity contribution < 1.29 is 18.0 Å². The normalized spacial score (nSPS) is 12.6. The Kier molecular flexibility index (Phi) is 10.7. The number of unbranched alkanes of at least 4 members (excludes halogenated alkanes) is 1. The molecule has 2 aromatic rings. The number of hydrogen-bond donors (Lipinski definition) is 1. The van der Waals surface area contributed by atoms with Gasteiger partial charge in [-0.3, -0.25) is 13.9 Å². The molecule has 0 aliphatic heterocycles. The Morgan fingerprint density at radius 3 is 2.14 bits per heavy atom. The summed E-state index contributed by atoms with van der Waals surface area (Å²) in [5.41, 5.74) is 3.30. The van der Waals surface area contributed by atoms with Gasteiger partial charge in [-0.05, 0) is 54.0 Å². The first-order valence-corrected chi connectivity index (χ1v) is 14.8. The molecule has 2 amide bonds. The maximum atomic E-state index is 13.8. The lowest BCUT2D eigenvalue weighted by molar-refractivity contribution is -0.140. The van der Waals surface area contributed by atoms with Gasteiger partial charge >= 0.3 is 0 Å². The maximum absolute atomic E-state index is 13.8. The summed E-state index contributed by atoms with van der Waals surface area (Å²) in [6.07, 6.45) is 3.30. The van der Waals surface area contributed by atoms with E-state index in [0.29, 0.717) is 18.7 Å². The fourth-order valence-electron chi connectivity index (χ4n) is 4.14. The first kappa shape index (κ1) is 30.4. The third kappa shape index (κ3) is 8.59. The Labute approximate surface area is 223 Å². The number of nitrogens with zero attached hydrogens (tertiary/aromatic N) is 2. The van der Waals surface area contributed by atoms with Crippen molar-refractivity contribution in [2.45, 2.75) is 78.8 Å². The molecule has 8 heteroatoms. The molecular formula is C29H43N3O4S. The second-order valence-electron chi connectivity index (χ2n) is 10.6. The molecule has 0 saturated heterocycles. The summed E-state index contributed by atoms with van der Waals surface area (Å²) >= 11 is 0. The number of amides is 2. The van der Waals surface area contributed by atoms with Crippen LogP contribution in [0.2, 0.25) is 0 Å². The van der Waals surface area contributed by atoms with E-state index in [1.54, 1.807) is 12.1 Å². The average molecular weight is 530 g/mol. The van der Waals surface area contributed by atoms with E-state index in [2.05, 4.69) is 26.1 Å². The lowest BCUT2D eigenvalue weighted by Gasteiger charge is -2.33. The maximum Gasteiger partial charge on any atom is 0.244 e. The van der Waals surface area contributed by atoms with Gasteiger partial charge in [-0.2, -0.15) is 0 Å². The summed E-state index contributed by atoms with van der Waals surface area (Å²) < 4.78 is 26.7. The molecule has 0 heterocycles. The smallest absolute Gasteiger partial charge is 0.244 e.